The Morgan fingerprint density at radius 3 is 0.696 bits per heavy atom. The molecule has 0 aliphatic carbocycles. The van der Waals surface area contributed by atoms with E-state index in [0.717, 1.165) is 66.5 Å². The molecule has 1 aliphatic rings. The molecule has 0 amide bonds. The van der Waals surface area contributed by atoms with Crippen LogP contribution in [0.1, 0.15) is 89.5 Å². The Balaban J connectivity index is 1.46. The van der Waals surface area contributed by atoms with E-state index in [4.69, 9.17) is 0 Å². The van der Waals surface area contributed by atoms with Gasteiger partial charge in [0, 0.05) is 66.5 Å². The predicted molar refractivity (Wildman–Crippen MR) is 232 cm³/mol. The first-order valence-corrected chi connectivity index (χ1v) is 19.6. The van der Waals surface area contributed by atoms with E-state index in [1.807, 2.05) is 0 Å². The lowest BCUT2D eigenvalue weighted by Crippen LogP contribution is -2.19. The van der Waals surface area contributed by atoms with Crippen LogP contribution in [0, 0.1) is 55.4 Å². The van der Waals surface area contributed by atoms with Crippen LogP contribution in [-0.4, -0.2) is 19.9 Å². The van der Waals surface area contributed by atoms with E-state index in [1.165, 1.54) is 66.8 Å². The highest BCUT2D eigenvalue weighted by atomic mass is 14.8. The minimum absolute atomic E-state index is 1.05. The lowest BCUT2D eigenvalue weighted by molar-refractivity contribution is 1.18. The lowest BCUT2D eigenvalue weighted by atomic mass is 9.96. The molecule has 8 bridgehead atoms. The summed E-state index contributed by atoms with van der Waals surface area (Å²) in [4.78, 5) is 15.8. The summed E-state index contributed by atoms with van der Waals surface area (Å²) in [7, 11) is 0. The van der Waals surface area contributed by atoms with Gasteiger partial charge < -0.3 is 19.9 Å². The number of aromatic nitrogens is 4. The number of hydrogen-bond donors (Lipinski definition) is 4. The molecule has 9 rings (SSSR count). The van der Waals surface area contributed by atoms with Gasteiger partial charge >= 0.3 is 0 Å². The van der Waals surface area contributed by atoms with Gasteiger partial charge in [-0.2, -0.15) is 0 Å². The third kappa shape index (κ3) is 6.12. The molecule has 0 unspecified atom stereocenters. The highest BCUT2D eigenvalue weighted by Crippen LogP contribution is 2.31. The zero-order valence-electron chi connectivity index (χ0n) is 33.5. The van der Waals surface area contributed by atoms with Gasteiger partial charge in [0.15, 0.2) is 0 Å². The Morgan fingerprint density at radius 2 is 0.482 bits per heavy atom. The third-order valence-corrected chi connectivity index (χ3v) is 11.5. The van der Waals surface area contributed by atoms with E-state index in [-0.39, 0.29) is 0 Å². The van der Waals surface area contributed by atoms with Gasteiger partial charge in [-0.3, -0.25) is 0 Å². The van der Waals surface area contributed by atoms with E-state index in [0.29, 0.717) is 0 Å². The third-order valence-electron chi connectivity index (χ3n) is 11.5. The predicted octanol–water partition coefficient (Wildman–Crippen LogP) is 8.77. The monoisotopic (exact) mass is 728 g/mol. The van der Waals surface area contributed by atoms with Gasteiger partial charge in [0.05, 0.1) is 0 Å². The van der Waals surface area contributed by atoms with Crippen LogP contribution in [0.15, 0.2) is 121 Å². The second kappa shape index (κ2) is 13.6. The van der Waals surface area contributed by atoms with Gasteiger partial charge in [-0.1, -0.05) is 95.1 Å². The highest BCUT2D eigenvalue weighted by molar-refractivity contribution is 5.86. The fourth-order valence-electron chi connectivity index (χ4n) is 8.86. The molecule has 4 aromatic heterocycles. The minimum Gasteiger partial charge on any atom is -0.354 e. The summed E-state index contributed by atoms with van der Waals surface area (Å²) in [5.41, 5.74) is 23.5. The molecule has 0 spiro atoms. The molecule has 1 aliphatic heterocycles. The molecule has 4 nitrogen and oxygen atoms in total. The zero-order chi connectivity index (χ0) is 38.8. The van der Waals surface area contributed by atoms with Crippen LogP contribution >= 0.6 is 0 Å². The number of H-pyrrole nitrogens is 4. The number of rotatable bonds is 4. The lowest BCUT2D eigenvalue weighted by Gasteiger charge is -2.13. The molecule has 4 heteroatoms. The van der Waals surface area contributed by atoms with Crippen LogP contribution in [0.3, 0.4) is 0 Å². The maximum absolute atomic E-state index is 3.96. The fraction of sp³-hybridized carbons (Fsp3) is 0.154. The summed E-state index contributed by atoms with van der Waals surface area (Å²) < 4.78 is 0. The van der Waals surface area contributed by atoms with Gasteiger partial charge in [0.25, 0.3) is 0 Å². The summed E-state index contributed by atoms with van der Waals surface area (Å²) in [6.07, 6.45) is 0. The van der Waals surface area contributed by atoms with Crippen LogP contribution < -0.4 is 21.4 Å². The van der Waals surface area contributed by atoms with Crippen molar-refractivity contribution < 1.29 is 0 Å². The normalized spacial score (nSPS) is 12.9. The van der Waals surface area contributed by atoms with Crippen LogP contribution in [0.4, 0.5) is 0 Å². The standard InChI is InChI=1S/C52H48N4/c1-29-9-13-37(33(5)25-29)49-41-17-19-43(53-41)50(38-14-10-30(2)26-34(38)6)45-21-23-47(55-45)52(40-16-12-32(4)28-36(40)8)48-24-22-46(56-48)51(44-20-18-42(49)54-44)39-15-11-31(3)27-35(39)7/h9-28,53-56H,1-8H3. The van der Waals surface area contributed by atoms with Crippen molar-refractivity contribution in [1.82, 2.24) is 19.9 Å². The van der Waals surface area contributed by atoms with E-state index >= 15 is 0 Å². The molecule has 8 aromatic rings. The Hall–Kier alpha value is -6.52. The average Bonchev–Trinajstić information content (AvgIpc) is 3.99. The average molecular weight is 729 g/mol. The van der Waals surface area contributed by atoms with Crippen molar-refractivity contribution in [3.8, 4) is 0 Å². The first-order chi connectivity index (χ1) is 27.0. The molecule has 4 N–H and O–H groups in total. The number of nitrogens with one attached hydrogen (secondary N) is 4. The Labute approximate surface area is 328 Å². The summed E-state index contributed by atoms with van der Waals surface area (Å²) >= 11 is 0. The second-order valence-corrected chi connectivity index (χ2v) is 15.9. The van der Waals surface area contributed by atoms with Gasteiger partial charge in [0.2, 0.25) is 0 Å². The van der Waals surface area contributed by atoms with Crippen molar-refractivity contribution in [1.29, 1.82) is 0 Å². The Kier molecular flexibility index (Phi) is 8.58. The molecular weight excluding hydrogens is 681 g/mol. The zero-order valence-corrected chi connectivity index (χ0v) is 33.5. The van der Waals surface area contributed by atoms with Crippen molar-refractivity contribution in [3.63, 3.8) is 0 Å². The Morgan fingerprint density at radius 1 is 0.250 bits per heavy atom. The van der Waals surface area contributed by atoms with Crippen molar-refractivity contribution in [2.24, 2.45) is 0 Å². The summed E-state index contributed by atoms with van der Waals surface area (Å²) in [6.45, 7) is 17.5. The first-order valence-electron chi connectivity index (χ1n) is 19.6. The molecule has 0 radical (unpaired) electrons. The minimum atomic E-state index is 1.05. The van der Waals surface area contributed by atoms with Crippen molar-refractivity contribution >= 4 is 22.3 Å². The maximum atomic E-state index is 3.96. The number of aryl methyl sites for hydroxylation is 8. The second-order valence-electron chi connectivity index (χ2n) is 15.9. The number of hydrogen-bond acceptors (Lipinski definition) is 0. The summed E-state index contributed by atoms with van der Waals surface area (Å²) in [5, 5.41) is 4.22. The highest BCUT2D eigenvalue weighted by Gasteiger charge is 2.20. The van der Waals surface area contributed by atoms with Gasteiger partial charge in [-0.15, -0.1) is 0 Å². The molecular formula is C52H48N4. The molecule has 0 fully saturated rings. The maximum Gasteiger partial charge on any atom is 0.0486 e. The topological polar surface area (TPSA) is 63.2 Å². The van der Waals surface area contributed by atoms with Gasteiger partial charge in [-0.05, 0) is 148 Å². The largest absolute Gasteiger partial charge is 0.354 e. The van der Waals surface area contributed by atoms with Crippen LogP contribution in [0.25, 0.3) is 22.3 Å². The number of fused-ring (bicyclic) bond motifs is 8. The molecule has 0 saturated heterocycles. The van der Waals surface area contributed by atoms with Crippen molar-refractivity contribution in [3.05, 3.63) is 232 Å². The van der Waals surface area contributed by atoms with E-state index in [2.05, 4.69) is 197 Å². The van der Waals surface area contributed by atoms with Crippen LogP contribution in [0.5, 0.6) is 0 Å². The SMILES string of the molecule is Cc1ccc(C2=c3ccc([nH]3)=C(c3ccc(C)cc3C)c3ccc([nH]3)C(c3ccc(C)cc3C)=c3ccc([nH]3)=C(c3ccc(C)cc3C)c3ccc2[nH]3)c(C)c1. The van der Waals surface area contributed by atoms with Crippen LogP contribution in [-0.2, 0) is 0 Å². The molecule has 0 atom stereocenters. The molecule has 4 aromatic carbocycles. The smallest absolute Gasteiger partial charge is 0.0486 e. The Bertz CT molecular complexity index is 2700. The van der Waals surface area contributed by atoms with Crippen molar-refractivity contribution in [2.75, 3.05) is 0 Å². The van der Waals surface area contributed by atoms with Gasteiger partial charge in [-0.25, -0.2) is 0 Å². The molecule has 276 valence electrons. The quantitative estimate of drug-likeness (QED) is 0.140. The fourth-order valence-corrected chi connectivity index (χ4v) is 8.86. The first kappa shape index (κ1) is 35.2. The molecule has 0 saturated carbocycles. The van der Waals surface area contributed by atoms with Gasteiger partial charge in [0.1, 0.15) is 0 Å². The number of benzene rings is 4. The van der Waals surface area contributed by atoms with E-state index < -0.39 is 0 Å². The van der Waals surface area contributed by atoms with E-state index in [9.17, 15) is 0 Å². The molecule has 56 heavy (non-hydrogen) atoms. The summed E-state index contributed by atoms with van der Waals surface area (Å²) in [6, 6.07) is 45.0. The van der Waals surface area contributed by atoms with Crippen LogP contribution in [0.2, 0.25) is 0 Å². The van der Waals surface area contributed by atoms with E-state index in [1.54, 1.807) is 0 Å². The number of aromatic amines is 4. The van der Waals surface area contributed by atoms with Crippen molar-refractivity contribution in [2.45, 2.75) is 55.4 Å². The molecule has 5 heterocycles. The summed E-state index contributed by atoms with van der Waals surface area (Å²) in [5.74, 6) is 0.